The van der Waals surface area contributed by atoms with E-state index in [-0.39, 0.29) is 6.42 Å². The molecule has 0 radical (unpaired) electrons. The summed E-state index contributed by atoms with van der Waals surface area (Å²) < 4.78 is 0.845. The number of pyridine rings is 1. The van der Waals surface area contributed by atoms with Crippen LogP contribution >= 0.6 is 34.2 Å². The van der Waals surface area contributed by atoms with Crippen molar-refractivity contribution >= 4 is 46.0 Å². The van der Waals surface area contributed by atoms with E-state index in [1.54, 1.807) is 36.7 Å². The summed E-state index contributed by atoms with van der Waals surface area (Å²) in [5, 5.41) is 3.11. The predicted octanol–water partition coefficient (Wildman–Crippen LogP) is 2.17. The van der Waals surface area contributed by atoms with Crippen LogP contribution in [0.4, 0.5) is 0 Å². The van der Waals surface area contributed by atoms with Gasteiger partial charge in [-0.25, -0.2) is 0 Å². The van der Waals surface area contributed by atoms with Gasteiger partial charge in [-0.1, -0.05) is 17.7 Å². The van der Waals surface area contributed by atoms with Gasteiger partial charge in [-0.15, -0.1) is 0 Å². The molecule has 22 heavy (non-hydrogen) atoms. The number of carbonyl (C=O) groups is 2. The summed E-state index contributed by atoms with van der Waals surface area (Å²) in [6.45, 7) is 0. The number of hydrogen-bond donors (Lipinski definition) is 2. The number of nitrogens with one attached hydrogen (secondary N) is 1. The largest absolute Gasteiger partial charge is 0.368 e. The SMILES string of the molecule is NC(=O)[C@H](Cc1cccnc1)NC(=O)c1ccc(I)c(Cl)c1. The van der Waals surface area contributed by atoms with E-state index < -0.39 is 17.9 Å². The van der Waals surface area contributed by atoms with Gasteiger partial charge in [-0.2, -0.15) is 0 Å². The van der Waals surface area contributed by atoms with Crippen molar-refractivity contribution in [1.29, 1.82) is 0 Å². The van der Waals surface area contributed by atoms with Gasteiger partial charge >= 0.3 is 0 Å². The molecule has 0 aliphatic rings. The molecule has 0 bridgehead atoms. The molecule has 0 spiro atoms. The second-order valence-corrected chi connectivity index (χ2v) is 6.19. The Bertz CT molecular complexity index is 694. The molecule has 7 heteroatoms. The van der Waals surface area contributed by atoms with Gasteiger partial charge in [-0.05, 0) is 52.4 Å². The number of rotatable bonds is 5. The molecule has 114 valence electrons. The van der Waals surface area contributed by atoms with Crippen LogP contribution in [0.25, 0.3) is 0 Å². The van der Waals surface area contributed by atoms with E-state index in [1.165, 1.54) is 0 Å². The first-order valence-corrected chi connectivity index (χ1v) is 7.87. The van der Waals surface area contributed by atoms with E-state index >= 15 is 0 Å². The van der Waals surface area contributed by atoms with E-state index in [4.69, 9.17) is 17.3 Å². The fourth-order valence-electron chi connectivity index (χ4n) is 1.86. The Labute approximate surface area is 146 Å². The highest BCUT2D eigenvalue weighted by Crippen LogP contribution is 2.19. The number of carbonyl (C=O) groups excluding carboxylic acids is 2. The Kier molecular flexibility index (Phi) is 5.73. The highest BCUT2D eigenvalue weighted by Gasteiger charge is 2.20. The number of nitrogens with zero attached hydrogens (tertiary/aromatic N) is 1. The molecule has 1 heterocycles. The number of benzene rings is 1. The van der Waals surface area contributed by atoms with Crippen LogP contribution < -0.4 is 11.1 Å². The zero-order valence-electron chi connectivity index (χ0n) is 11.4. The number of amides is 2. The summed E-state index contributed by atoms with van der Waals surface area (Å²) in [5.74, 6) is -1.00. The smallest absolute Gasteiger partial charge is 0.251 e. The van der Waals surface area contributed by atoms with Gasteiger partial charge in [0.15, 0.2) is 0 Å². The van der Waals surface area contributed by atoms with Gasteiger partial charge in [0, 0.05) is 27.9 Å². The van der Waals surface area contributed by atoms with Crippen molar-refractivity contribution in [3.63, 3.8) is 0 Å². The number of hydrogen-bond acceptors (Lipinski definition) is 3. The van der Waals surface area contributed by atoms with E-state index in [0.29, 0.717) is 10.6 Å². The van der Waals surface area contributed by atoms with Crippen molar-refractivity contribution in [2.75, 3.05) is 0 Å². The maximum absolute atomic E-state index is 12.2. The highest BCUT2D eigenvalue weighted by molar-refractivity contribution is 14.1. The summed E-state index contributed by atoms with van der Waals surface area (Å²) in [6.07, 6.45) is 3.55. The number of aromatic nitrogens is 1. The zero-order chi connectivity index (χ0) is 16.1. The van der Waals surface area contributed by atoms with Crippen LogP contribution in [0.5, 0.6) is 0 Å². The van der Waals surface area contributed by atoms with Crippen LogP contribution in [0.15, 0.2) is 42.7 Å². The molecule has 2 aromatic rings. The van der Waals surface area contributed by atoms with E-state index in [0.717, 1.165) is 9.13 Å². The Balaban J connectivity index is 2.12. The fraction of sp³-hybridized carbons (Fsp3) is 0.133. The van der Waals surface area contributed by atoms with Crippen molar-refractivity contribution in [2.45, 2.75) is 12.5 Å². The number of halogens is 2. The van der Waals surface area contributed by atoms with Gasteiger partial charge in [0.1, 0.15) is 6.04 Å². The summed E-state index contributed by atoms with van der Waals surface area (Å²) >= 11 is 8.07. The Morgan fingerprint density at radius 2 is 2.14 bits per heavy atom. The molecule has 1 atom stereocenters. The van der Waals surface area contributed by atoms with Crippen molar-refractivity contribution in [3.8, 4) is 0 Å². The first kappa shape index (κ1) is 16.7. The molecule has 0 aliphatic heterocycles. The number of primary amides is 1. The molecular weight excluding hydrogens is 417 g/mol. The third-order valence-electron chi connectivity index (χ3n) is 2.99. The summed E-state index contributed by atoms with van der Waals surface area (Å²) in [4.78, 5) is 27.7. The van der Waals surface area contributed by atoms with Crippen LogP contribution in [0.1, 0.15) is 15.9 Å². The van der Waals surface area contributed by atoms with E-state index in [1.807, 2.05) is 6.07 Å². The molecule has 2 amide bonds. The van der Waals surface area contributed by atoms with Crippen molar-refractivity contribution < 1.29 is 9.59 Å². The van der Waals surface area contributed by atoms with Crippen LogP contribution in [0.2, 0.25) is 5.02 Å². The quantitative estimate of drug-likeness (QED) is 0.715. The third kappa shape index (κ3) is 4.41. The molecule has 5 nitrogen and oxygen atoms in total. The number of nitrogens with two attached hydrogens (primary N) is 1. The maximum atomic E-state index is 12.2. The van der Waals surface area contributed by atoms with Crippen LogP contribution in [0.3, 0.4) is 0 Å². The first-order valence-electron chi connectivity index (χ1n) is 6.41. The molecular formula is C15H13ClIN3O2. The zero-order valence-corrected chi connectivity index (χ0v) is 14.3. The van der Waals surface area contributed by atoms with Crippen LogP contribution in [-0.2, 0) is 11.2 Å². The lowest BCUT2D eigenvalue weighted by molar-refractivity contribution is -0.119. The Morgan fingerprint density at radius 3 is 2.73 bits per heavy atom. The second-order valence-electron chi connectivity index (χ2n) is 4.62. The van der Waals surface area contributed by atoms with Gasteiger partial charge in [0.25, 0.3) is 5.91 Å². The molecule has 1 aromatic heterocycles. The topological polar surface area (TPSA) is 85.1 Å². The average Bonchev–Trinajstić information content (AvgIpc) is 2.50. The summed E-state index contributed by atoms with van der Waals surface area (Å²) in [7, 11) is 0. The normalized spacial score (nSPS) is 11.7. The Hall–Kier alpha value is -1.67. The minimum absolute atomic E-state index is 0.285. The van der Waals surface area contributed by atoms with E-state index in [9.17, 15) is 9.59 Å². The van der Waals surface area contributed by atoms with E-state index in [2.05, 4.69) is 32.9 Å². The minimum atomic E-state index is -0.810. The lowest BCUT2D eigenvalue weighted by Gasteiger charge is -2.15. The van der Waals surface area contributed by atoms with Gasteiger partial charge in [0.05, 0.1) is 5.02 Å². The highest BCUT2D eigenvalue weighted by atomic mass is 127. The standard InChI is InChI=1S/C15H13ClIN3O2/c16-11-7-10(3-4-12(11)17)15(22)20-13(14(18)21)6-9-2-1-5-19-8-9/h1-5,7-8,13H,6H2,(H2,18,21)(H,20,22)/t13-/m0/s1. The molecule has 1 aromatic carbocycles. The van der Waals surface area contributed by atoms with Crippen LogP contribution in [0, 0.1) is 3.57 Å². The second kappa shape index (κ2) is 7.55. The average molecular weight is 430 g/mol. The minimum Gasteiger partial charge on any atom is -0.368 e. The Morgan fingerprint density at radius 1 is 1.36 bits per heavy atom. The predicted molar refractivity (Wildman–Crippen MR) is 92.6 cm³/mol. The van der Waals surface area contributed by atoms with Crippen molar-refractivity contribution in [1.82, 2.24) is 10.3 Å². The summed E-state index contributed by atoms with van der Waals surface area (Å²) in [5.41, 5.74) is 6.55. The van der Waals surface area contributed by atoms with Gasteiger partial charge in [-0.3, -0.25) is 14.6 Å². The molecule has 0 unspecified atom stereocenters. The molecule has 0 aliphatic carbocycles. The first-order chi connectivity index (χ1) is 10.5. The monoisotopic (exact) mass is 429 g/mol. The van der Waals surface area contributed by atoms with Gasteiger partial charge < -0.3 is 11.1 Å². The van der Waals surface area contributed by atoms with Crippen molar-refractivity contribution in [2.24, 2.45) is 5.73 Å². The van der Waals surface area contributed by atoms with Crippen LogP contribution in [-0.4, -0.2) is 22.8 Å². The van der Waals surface area contributed by atoms with Gasteiger partial charge in [0.2, 0.25) is 5.91 Å². The molecule has 0 fully saturated rings. The maximum Gasteiger partial charge on any atom is 0.251 e. The fourth-order valence-corrected chi connectivity index (χ4v) is 2.37. The molecule has 3 N–H and O–H groups in total. The lowest BCUT2D eigenvalue weighted by atomic mass is 10.1. The molecule has 0 saturated heterocycles. The molecule has 2 rings (SSSR count). The van der Waals surface area contributed by atoms with Crippen molar-refractivity contribution in [3.05, 3.63) is 62.4 Å². The molecule has 0 saturated carbocycles. The lowest BCUT2D eigenvalue weighted by Crippen LogP contribution is -2.45. The summed E-state index contributed by atoms with van der Waals surface area (Å²) in [6, 6.07) is 7.70. The third-order valence-corrected chi connectivity index (χ3v) is 4.57.